The molecule has 1 aromatic heterocycles. The fraction of sp³-hybridized carbons (Fsp3) is 0.727. The second-order valence-corrected chi connectivity index (χ2v) is 5.11. The molecule has 0 aromatic carbocycles. The van der Waals surface area contributed by atoms with E-state index in [-0.39, 0.29) is 5.91 Å². The summed E-state index contributed by atoms with van der Waals surface area (Å²) < 4.78 is 3.84. The number of rotatable bonds is 5. The Bertz CT molecular complexity index is 362. The van der Waals surface area contributed by atoms with Gasteiger partial charge >= 0.3 is 0 Å². The first-order chi connectivity index (χ1) is 8.78. The Hall–Kier alpha value is -1.05. The molecule has 2 rings (SSSR count). The molecule has 2 heterocycles. The number of aromatic nitrogens is 2. The van der Waals surface area contributed by atoms with Crippen molar-refractivity contribution in [3.05, 3.63) is 11.1 Å². The number of amides is 1. The summed E-state index contributed by atoms with van der Waals surface area (Å²) in [5.41, 5.74) is 1.01. The number of likely N-dealkylation sites (tertiary alicyclic amines) is 1. The molecule has 0 aliphatic carbocycles. The molecule has 6 nitrogen and oxygen atoms in total. The summed E-state index contributed by atoms with van der Waals surface area (Å²) in [6.45, 7) is 3.25. The van der Waals surface area contributed by atoms with Crippen LogP contribution in [0.15, 0.2) is 5.38 Å². The first-order valence-corrected chi connectivity index (χ1v) is 7.04. The molecule has 1 aliphatic heterocycles. The highest BCUT2D eigenvalue weighted by Gasteiger charge is 2.20. The van der Waals surface area contributed by atoms with Crippen molar-refractivity contribution in [1.82, 2.24) is 25.1 Å². The Morgan fingerprint density at radius 1 is 1.56 bits per heavy atom. The predicted octanol–water partition coefficient (Wildman–Crippen LogP) is -0.162. The van der Waals surface area contributed by atoms with Gasteiger partial charge in [-0.05, 0) is 24.4 Å². The summed E-state index contributed by atoms with van der Waals surface area (Å²) in [6.07, 6.45) is 2.16. The number of nitrogens with zero attached hydrogens (tertiary/aromatic N) is 3. The molecule has 2 N–H and O–H groups in total. The number of nitrogens with one attached hydrogen (secondary N) is 2. The van der Waals surface area contributed by atoms with Crippen LogP contribution in [0.4, 0.5) is 0 Å². The minimum Gasteiger partial charge on any atom is -0.358 e. The second-order valence-electron chi connectivity index (χ2n) is 4.50. The third-order valence-electron chi connectivity index (χ3n) is 3.21. The number of carbonyl (C=O) groups excluding carboxylic acids is 1. The predicted molar refractivity (Wildman–Crippen MR) is 70.3 cm³/mol. The average molecular weight is 269 g/mol. The van der Waals surface area contributed by atoms with Gasteiger partial charge in [-0.2, -0.15) is 0 Å². The van der Waals surface area contributed by atoms with E-state index in [4.69, 9.17) is 0 Å². The van der Waals surface area contributed by atoms with E-state index in [1.807, 2.05) is 5.38 Å². The van der Waals surface area contributed by atoms with Gasteiger partial charge in [-0.25, -0.2) is 0 Å². The second kappa shape index (κ2) is 6.77. The first-order valence-electron chi connectivity index (χ1n) is 6.20. The minimum atomic E-state index is 0.0926. The summed E-state index contributed by atoms with van der Waals surface area (Å²) in [6, 6.07) is 0.521. The van der Waals surface area contributed by atoms with Crippen molar-refractivity contribution in [2.24, 2.45) is 0 Å². The van der Waals surface area contributed by atoms with Crippen LogP contribution < -0.4 is 10.6 Å². The highest BCUT2D eigenvalue weighted by molar-refractivity contribution is 7.03. The number of likely N-dealkylation sites (N-methyl/N-ethyl adjacent to an activating group) is 1. The highest BCUT2D eigenvalue weighted by atomic mass is 32.1. The molecule has 0 bridgehead atoms. The smallest absolute Gasteiger partial charge is 0.233 e. The van der Waals surface area contributed by atoms with Gasteiger partial charge in [0, 0.05) is 38.1 Å². The molecule has 18 heavy (non-hydrogen) atoms. The maximum atomic E-state index is 11.3. The molecule has 0 radical (unpaired) electrons. The van der Waals surface area contributed by atoms with Crippen LogP contribution in [0, 0.1) is 0 Å². The number of hydrogen-bond acceptors (Lipinski definition) is 6. The van der Waals surface area contributed by atoms with Crippen LogP contribution >= 0.6 is 11.5 Å². The highest BCUT2D eigenvalue weighted by Crippen LogP contribution is 2.10. The monoisotopic (exact) mass is 269 g/mol. The molecule has 100 valence electrons. The zero-order chi connectivity index (χ0) is 12.8. The summed E-state index contributed by atoms with van der Waals surface area (Å²) in [4.78, 5) is 13.5. The third-order valence-corrected chi connectivity index (χ3v) is 3.76. The zero-order valence-corrected chi connectivity index (χ0v) is 11.4. The van der Waals surface area contributed by atoms with Crippen molar-refractivity contribution in [3.63, 3.8) is 0 Å². The Labute approximate surface area is 111 Å². The summed E-state index contributed by atoms with van der Waals surface area (Å²) in [7, 11) is 1.68. The molecule has 1 saturated heterocycles. The van der Waals surface area contributed by atoms with Crippen LogP contribution in [0.1, 0.15) is 18.5 Å². The normalized spacial score (nSPS) is 17.8. The van der Waals surface area contributed by atoms with E-state index in [1.54, 1.807) is 7.05 Å². The van der Waals surface area contributed by atoms with Crippen molar-refractivity contribution < 1.29 is 4.79 Å². The van der Waals surface area contributed by atoms with Crippen molar-refractivity contribution >= 4 is 17.4 Å². The molecule has 1 aliphatic rings. The van der Waals surface area contributed by atoms with Gasteiger partial charge in [0.05, 0.1) is 12.2 Å². The molecule has 1 fully saturated rings. The van der Waals surface area contributed by atoms with Gasteiger partial charge < -0.3 is 10.6 Å². The summed E-state index contributed by atoms with van der Waals surface area (Å²) >= 11 is 1.38. The molecule has 1 aromatic rings. The van der Waals surface area contributed by atoms with Crippen LogP contribution in [0.2, 0.25) is 0 Å². The molecule has 0 unspecified atom stereocenters. The Morgan fingerprint density at radius 2 is 2.33 bits per heavy atom. The van der Waals surface area contributed by atoms with E-state index >= 15 is 0 Å². The van der Waals surface area contributed by atoms with E-state index in [9.17, 15) is 4.79 Å². The van der Waals surface area contributed by atoms with Gasteiger partial charge in [-0.3, -0.25) is 9.69 Å². The number of carbonyl (C=O) groups is 1. The quantitative estimate of drug-likeness (QED) is 0.777. The Balaban J connectivity index is 1.65. The first kappa shape index (κ1) is 13.4. The molecular weight excluding hydrogens is 250 g/mol. The topological polar surface area (TPSA) is 70.2 Å². The van der Waals surface area contributed by atoms with E-state index < -0.39 is 0 Å². The molecule has 1 amide bonds. The molecule has 7 heteroatoms. The maximum Gasteiger partial charge on any atom is 0.233 e. The van der Waals surface area contributed by atoms with E-state index in [0.29, 0.717) is 12.6 Å². The minimum absolute atomic E-state index is 0.0926. The van der Waals surface area contributed by atoms with E-state index in [0.717, 1.165) is 38.2 Å². The van der Waals surface area contributed by atoms with Crippen LogP contribution in [0.25, 0.3) is 0 Å². The number of piperidine rings is 1. The summed E-state index contributed by atoms with van der Waals surface area (Å²) in [5, 5.41) is 12.1. The average Bonchev–Trinajstić information content (AvgIpc) is 2.91. The Kier molecular flexibility index (Phi) is 5.03. The zero-order valence-electron chi connectivity index (χ0n) is 10.6. The lowest BCUT2D eigenvalue weighted by molar-refractivity contribution is -0.122. The fourth-order valence-corrected chi connectivity index (χ4v) is 2.54. The largest absolute Gasteiger partial charge is 0.358 e. The van der Waals surface area contributed by atoms with Gasteiger partial charge in [0.2, 0.25) is 5.91 Å². The van der Waals surface area contributed by atoms with Gasteiger partial charge in [0.15, 0.2) is 0 Å². The van der Waals surface area contributed by atoms with Gasteiger partial charge in [-0.1, -0.05) is 4.49 Å². The SMILES string of the molecule is CNC(=O)CN1CCC(NCc2csnn2)CC1. The summed E-state index contributed by atoms with van der Waals surface area (Å²) in [5.74, 6) is 0.0926. The molecule has 0 saturated carbocycles. The van der Waals surface area contributed by atoms with E-state index in [1.165, 1.54) is 11.5 Å². The van der Waals surface area contributed by atoms with Crippen molar-refractivity contribution in [2.75, 3.05) is 26.7 Å². The number of hydrogen-bond donors (Lipinski definition) is 2. The van der Waals surface area contributed by atoms with Gasteiger partial charge in [-0.15, -0.1) is 5.10 Å². The molecule has 0 spiro atoms. The van der Waals surface area contributed by atoms with Crippen molar-refractivity contribution in [3.8, 4) is 0 Å². The van der Waals surface area contributed by atoms with Gasteiger partial charge in [0.25, 0.3) is 0 Å². The molecule has 0 atom stereocenters. The maximum absolute atomic E-state index is 11.3. The van der Waals surface area contributed by atoms with Crippen LogP contribution in [0.5, 0.6) is 0 Å². The molecular formula is C11H19N5OS. The third kappa shape index (κ3) is 4.01. The van der Waals surface area contributed by atoms with Gasteiger partial charge in [0.1, 0.15) is 0 Å². The Morgan fingerprint density at radius 3 is 2.94 bits per heavy atom. The lowest BCUT2D eigenvalue weighted by atomic mass is 10.1. The van der Waals surface area contributed by atoms with Crippen molar-refractivity contribution in [1.29, 1.82) is 0 Å². The standard InChI is InChI=1S/C11H19N5OS/c1-12-11(17)7-16-4-2-9(3-5-16)13-6-10-8-18-15-14-10/h8-9,13H,2-7H2,1H3,(H,12,17). The fourth-order valence-electron chi connectivity index (χ4n) is 2.09. The van der Waals surface area contributed by atoms with Crippen LogP contribution in [-0.2, 0) is 11.3 Å². The van der Waals surface area contributed by atoms with Crippen LogP contribution in [-0.4, -0.2) is 53.1 Å². The van der Waals surface area contributed by atoms with Crippen molar-refractivity contribution in [2.45, 2.75) is 25.4 Å². The lowest BCUT2D eigenvalue weighted by Gasteiger charge is -2.31. The van der Waals surface area contributed by atoms with Crippen LogP contribution in [0.3, 0.4) is 0 Å². The van der Waals surface area contributed by atoms with E-state index in [2.05, 4.69) is 25.1 Å². The lowest BCUT2D eigenvalue weighted by Crippen LogP contribution is -2.45.